The molecule has 2 atom stereocenters. The Hall–Kier alpha value is -0.160. The van der Waals surface area contributed by atoms with Gasteiger partial charge in [-0.15, -0.1) is 0 Å². The molecule has 4 heteroatoms. The van der Waals surface area contributed by atoms with Gasteiger partial charge < -0.3 is 20.8 Å². The van der Waals surface area contributed by atoms with Crippen molar-refractivity contribution in [3.63, 3.8) is 0 Å². The summed E-state index contributed by atoms with van der Waals surface area (Å²) in [6.07, 6.45) is 6.93. The normalized spacial score (nSPS) is 28.9. The van der Waals surface area contributed by atoms with E-state index >= 15 is 0 Å². The Morgan fingerprint density at radius 1 is 0.812 bits per heavy atom. The van der Waals surface area contributed by atoms with Gasteiger partial charge in [0.15, 0.2) is 0 Å². The Balaban J connectivity index is 0.000000160. The highest BCUT2D eigenvalue weighted by Crippen LogP contribution is 2.07. The maximum Gasteiger partial charge on any atom is 0.0445 e. The van der Waals surface area contributed by atoms with Gasteiger partial charge >= 0.3 is 0 Å². The third-order valence-electron chi connectivity index (χ3n) is 3.28. The number of nitrogens with one attached hydrogen (secondary N) is 2. The molecule has 4 nitrogen and oxygen atoms in total. The third-order valence-corrected chi connectivity index (χ3v) is 3.28. The van der Waals surface area contributed by atoms with Crippen LogP contribution in [0.2, 0.25) is 0 Å². The molecule has 0 unspecified atom stereocenters. The van der Waals surface area contributed by atoms with Crippen LogP contribution < -0.4 is 10.6 Å². The van der Waals surface area contributed by atoms with Crippen LogP contribution in [0.3, 0.4) is 0 Å². The Morgan fingerprint density at radius 2 is 1.25 bits per heavy atom. The minimum absolute atomic E-state index is 0.331. The van der Waals surface area contributed by atoms with E-state index in [1.54, 1.807) is 0 Å². The first-order chi connectivity index (χ1) is 7.86. The van der Waals surface area contributed by atoms with E-state index in [2.05, 4.69) is 10.6 Å². The van der Waals surface area contributed by atoms with Crippen LogP contribution in [0, 0.1) is 0 Å². The summed E-state index contributed by atoms with van der Waals surface area (Å²) in [5.74, 6) is 0. The SMILES string of the molecule is OCC[C@@H]1CCCN1.OCC[C@@H]1CCCN1. The Bertz CT molecular complexity index is 137. The van der Waals surface area contributed by atoms with E-state index in [9.17, 15) is 0 Å². The fraction of sp³-hybridized carbons (Fsp3) is 1.00. The Morgan fingerprint density at radius 3 is 1.50 bits per heavy atom. The van der Waals surface area contributed by atoms with E-state index in [-0.39, 0.29) is 0 Å². The molecule has 2 heterocycles. The highest BCUT2D eigenvalue weighted by Gasteiger charge is 2.12. The van der Waals surface area contributed by atoms with Gasteiger partial charge in [0.25, 0.3) is 0 Å². The first-order valence-corrected chi connectivity index (χ1v) is 6.55. The molecule has 2 rings (SSSR count). The molecular weight excluding hydrogens is 204 g/mol. The number of aliphatic hydroxyl groups is 2. The fourth-order valence-electron chi connectivity index (χ4n) is 2.32. The second-order valence-corrected chi connectivity index (χ2v) is 4.61. The van der Waals surface area contributed by atoms with Gasteiger partial charge in [0, 0.05) is 25.3 Å². The van der Waals surface area contributed by atoms with E-state index in [1.165, 1.54) is 25.7 Å². The van der Waals surface area contributed by atoms with E-state index in [1.807, 2.05) is 0 Å². The van der Waals surface area contributed by atoms with Crippen molar-refractivity contribution in [3.05, 3.63) is 0 Å². The molecule has 2 saturated heterocycles. The van der Waals surface area contributed by atoms with Crippen molar-refractivity contribution in [1.29, 1.82) is 0 Å². The lowest BCUT2D eigenvalue weighted by Crippen LogP contribution is -2.21. The summed E-state index contributed by atoms with van der Waals surface area (Å²) in [6, 6.07) is 1.22. The molecule has 0 aromatic carbocycles. The monoisotopic (exact) mass is 230 g/mol. The molecule has 0 bridgehead atoms. The topological polar surface area (TPSA) is 64.5 Å². The molecule has 16 heavy (non-hydrogen) atoms. The van der Waals surface area contributed by atoms with Crippen molar-refractivity contribution in [2.45, 2.75) is 50.6 Å². The first kappa shape index (κ1) is 13.9. The zero-order valence-corrected chi connectivity index (χ0v) is 10.1. The highest BCUT2D eigenvalue weighted by molar-refractivity contribution is 4.73. The van der Waals surface area contributed by atoms with Crippen LogP contribution in [0.5, 0.6) is 0 Å². The van der Waals surface area contributed by atoms with Gasteiger partial charge in [-0.05, 0) is 51.6 Å². The van der Waals surface area contributed by atoms with Gasteiger partial charge in [0.2, 0.25) is 0 Å². The van der Waals surface area contributed by atoms with E-state index in [0.717, 1.165) is 25.9 Å². The van der Waals surface area contributed by atoms with Crippen molar-refractivity contribution in [2.24, 2.45) is 0 Å². The molecule has 0 saturated carbocycles. The average Bonchev–Trinajstić information content (AvgIpc) is 2.92. The summed E-state index contributed by atoms with van der Waals surface area (Å²) in [5.41, 5.74) is 0. The fourth-order valence-corrected chi connectivity index (χ4v) is 2.32. The number of rotatable bonds is 4. The molecule has 0 aliphatic carbocycles. The molecule has 4 N–H and O–H groups in total. The van der Waals surface area contributed by atoms with E-state index in [4.69, 9.17) is 10.2 Å². The van der Waals surface area contributed by atoms with Gasteiger partial charge in [-0.2, -0.15) is 0 Å². The largest absolute Gasteiger partial charge is 0.396 e. The Kier molecular flexibility index (Phi) is 7.76. The summed E-state index contributed by atoms with van der Waals surface area (Å²) in [5, 5.41) is 23.6. The summed E-state index contributed by atoms with van der Waals surface area (Å²) in [7, 11) is 0. The van der Waals surface area contributed by atoms with Crippen molar-refractivity contribution in [2.75, 3.05) is 26.3 Å². The molecule has 0 radical (unpaired) electrons. The highest BCUT2D eigenvalue weighted by atomic mass is 16.3. The molecule has 0 amide bonds. The lowest BCUT2D eigenvalue weighted by molar-refractivity contribution is 0.270. The minimum atomic E-state index is 0.331. The maximum absolute atomic E-state index is 8.49. The molecule has 2 fully saturated rings. The predicted molar refractivity (Wildman–Crippen MR) is 65.5 cm³/mol. The summed E-state index contributed by atoms with van der Waals surface area (Å²) in [6.45, 7) is 2.95. The van der Waals surface area contributed by atoms with Crippen molar-refractivity contribution < 1.29 is 10.2 Å². The molecule has 2 aliphatic heterocycles. The van der Waals surface area contributed by atoms with Gasteiger partial charge in [-0.3, -0.25) is 0 Å². The summed E-state index contributed by atoms with van der Waals surface area (Å²) < 4.78 is 0. The van der Waals surface area contributed by atoms with Crippen LogP contribution >= 0.6 is 0 Å². The number of hydrogen-bond donors (Lipinski definition) is 4. The molecule has 96 valence electrons. The van der Waals surface area contributed by atoms with Gasteiger partial charge in [0.1, 0.15) is 0 Å². The standard InChI is InChI=1S/2C6H13NO/c2*8-5-3-6-2-1-4-7-6/h2*6-8H,1-5H2/t2*6-/m00/s1. The van der Waals surface area contributed by atoms with Crippen LogP contribution in [0.4, 0.5) is 0 Å². The number of aliphatic hydroxyl groups excluding tert-OH is 2. The lowest BCUT2D eigenvalue weighted by atomic mass is 10.2. The number of hydrogen-bond acceptors (Lipinski definition) is 4. The van der Waals surface area contributed by atoms with Gasteiger partial charge in [-0.25, -0.2) is 0 Å². The van der Waals surface area contributed by atoms with Gasteiger partial charge in [-0.1, -0.05) is 0 Å². The quantitative estimate of drug-likeness (QED) is 0.559. The lowest BCUT2D eigenvalue weighted by Gasteiger charge is -2.04. The zero-order valence-electron chi connectivity index (χ0n) is 10.1. The maximum atomic E-state index is 8.49. The van der Waals surface area contributed by atoms with Crippen molar-refractivity contribution in [1.82, 2.24) is 10.6 Å². The molecule has 0 spiro atoms. The van der Waals surface area contributed by atoms with Gasteiger partial charge in [0.05, 0.1) is 0 Å². The minimum Gasteiger partial charge on any atom is -0.396 e. The van der Waals surface area contributed by atoms with Crippen LogP contribution in [0.1, 0.15) is 38.5 Å². The van der Waals surface area contributed by atoms with E-state index in [0.29, 0.717) is 25.3 Å². The van der Waals surface area contributed by atoms with E-state index < -0.39 is 0 Å². The second-order valence-electron chi connectivity index (χ2n) is 4.61. The molecule has 0 aromatic rings. The van der Waals surface area contributed by atoms with Crippen molar-refractivity contribution in [3.8, 4) is 0 Å². The van der Waals surface area contributed by atoms with Crippen LogP contribution in [-0.2, 0) is 0 Å². The molecular formula is C12H26N2O2. The van der Waals surface area contributed by atoms with Crippen LogP contribution in [0.15, 0.2) is 0 Å². The summed E-state index contributed by atoms with van der Waals surface area (Å²) in [4.78, 5) is 0. The van der Waals surface area contributed by atoms with Crippen molar-refractivity contribution >= 4 is 0 Å². The first-order valence-electron chi connectivity index (χ1n) is 6.55. The zero-order chi connectivity index (χ0) is 11.6. The van der Waals surface area contributed by atoms with Crippen LogP contribution in [0.25, 0.3) is 0 Å². The third kappa shape index (κ3) is 5.80. The predicted octanol–water partition coefficient (Wildman–Crippen LogP) is 0.242. The molecule has 2 aliphatic rings. The second kappa shape index (κ2) is 8.93. The molecule has 0 aromatic heterocycles. The van der Waals surface area contributed by atoms with Crippen LogP contribution in [-0.4, -0.2) is 48.6 Å². The summed E-state index contributed by atoms with van der Waals surface area (Å²) >= 11 is 0. The average molecular weight is 230 g/mol. The smallest absolute Gasteiger partial charge is 0.0445 e. The Labute approximate surface area is 98.4 Å².